The number of nitrogens with zero attached hydrogens (tertiary/aromatic N) is 2. The number of rotatable bonds is 2. The Labute approximate surface area is 74.6 Å². The van der Waals surface area contributed by atoms with Crippen molar-refractivity contribution in [3.63, 3.8) is 0 Å². The summed E-state index contributed by atoms with van der Waals surface area (Å²) in [5.74, 6) is 5.98. The zero-order valence-corrected chi connectivity index (χ0v) is 8.08. The maximum Gasteiger partial charge on any atom is 0.0401 e. The van der Waals surface area contributed by atoms with E-state index in [0.717, 1.165) is 31.8 Å². The monoisotopic (exact) mass is 169 g/mol. The van der Waals surface area contributed by atoms with Gasteiger partial charge in [0.15, 0.2) is 0 Å². The SMILES string of the molecule is CC(C)CN1CCC(=NN)CC1. The molecule has 2 N–H and O–H groups in total. The summed E-state index contributed by atoms with van der Waals surface area (Å²) in [7, 11) is 0. The molecule has 0 bridgehead atoms. The predicted molar refractivity (Wildman–Crippen MR) is 52.1 cm³/mol. The normalized spacial score (nSPS) is 20.1. The molecule has 1 heterocycles. The Bertz CT molecular complexity index is 153. The molecule has 0 spiro atoms. The molecule has 1 fully saturated rings. The molecule has 0 aromatic heterocycles. The summed E-state index contributed by atoms with van der Waals surface area (Å²) in [5.41, 5.74) is 1.18. The molecule has 0 radical (unpaired) electrons. The van der Waals surface area contributed by atoms with Crippen molar-refractivity contribution in [3.05, 3.63) is 0 Å². The molecule has 0 aliphatic carbocycles. The van der Waals surface area contributed by atoms with Gasteiger partial charge in [0.25, 0.3) is 0 Å². The first-order valence-corrected chi connectivity index (χ1v) is 4.70. The topological polar surface area (TPSA) is 41.6 Å². The minimum atomic E-state index is 0.765. The lowest BCUT2D eigenvalue weighted by atomic mass is 10.1. The van der Waals surface area contributed by atoms with Crippen LogP contribution in [0.25, 0.3) is 0 Å². The number of hydrogen-bond acceptors (Lipinski definition) is 3. The molecule has 0 atom stereocenters. The summed E-state index contributed by atoms with van der Waals surface area (Å²) in [6.07, 6.45) is 2.12. The van der Waals surface area contributed by atoms with Crippen LogP contribution in [0.3, 0.4) is 0 Å². The van der Waals surface area contributed by atoms with Gasteiger partial charge in [-0.05, 0) is 5.92 Å². The van der Waals surface area contributed by atoms with Gasteiger partial charge in [0.1, 0.15) is 0 Å². The van der Waals surface area contributed by atoms with Crippen molar-refractivity contribution in [2.24, 2.45) is 16.9 Å². The van der Waals surface area contributed by atoms with Crippen molar-refractivity contribution in [1.82, 2.24) is 4.90 Å². The molecule has 12 heavy (non-hydrogen) atoms. The van der Waals surface area contributed by atoms with Crippen molar-refractivity contribution in [2.75, 3.05) is 19.6 Å². The molecule has 0 unspecified atom stereocenters. The number of hydrazone groups is 1. The van der Waals surface area contributed by atoms with Crippen LogP contribution in [0, 0.1) is 5.92 Å². The minimum Gasteiger partial charge on any atom is -0.323 e. The van der Waals surface area contributed by atoms with Gasteiger partial charge in [-0.2, -0.15) is 5.10 Å². The van der Waals surface area contributed by atoms with Crippen LogP contribution in [0.1, 0.15) is 26.7 Å². The highest BCUT2D eigenvalue weighted by molar-refractivity contribution is 5.85. The molecular formula is C9H19N3. The van der Waals surface area contributed by atoms with E-state index in [4.69, 9.17) is 5.84 Å². The van der Waals surface area contributed by atoms with Crippen molar-refractivity contribution in [1.29, 1.82) is 0 Å². The largest absolute Gasteiger partial charge is 0.323 e. The summed E-state index contributed by atoms with van der Waals surface area (Å²) in [6.45, 7) is 7.99. The lowest BCUT2D eigenvalue weighted by Crippen LogP contribution is -2.36. The zero-order valence-electron chi connectivity index (χ0n) is 8.08. The Morgan fingerprint density at radius 1 is 1.42 bits per heavy atom. The van der Waals surface area contributed by atoms with Crippen LogP contribution in [0.4, 0.5) is 0 Å². The summed E-state index contributed by atoms with van der Waals surface area (Å²) >= 11 is 0. The standard InChI is InChI=1S/C9H19N3/c1-8(2)7-12-5-3-9(11-10)4-6-12/h8H,3-7,10H2,1-2H3. The molecule has 70 valence electrons. The highest BCUT2D eigenvalue weighted by Crippen LogP contribution is 2.08. The second-order valence-corrected chi connectivity index (χ2v) is 3.89. The molecule has 1 aliphatic rings. The van der Waals surface area contributed by atoms with Crippen molar-refractivity contribution >= 4 is 5.71 Å². The highest BCUT2D eigenvalue weighted by atomic mass is 15.2. The van der Waals surface area contributed by atoms with Crippen LogP contribution in [0.5, 0.6) is 0 Å². The van der Waals surface area contributed by atoms with Crippen LogP contribution in [0.15, 0.2) is 5.10 Å². The summed E-state index contributed by atoms with van der Waals surface area (Å²) in [4.78, 5) is 2.49. The van der Waals surface area contributed by atoms with Gasteiger partial charge >= 0.3 is 0 Å². The average molecular weight is 169 g/mol. The van der Waals surface area contributed by atoms with E-state index in [1.165, 1.54) is 12.3 Å². The third kappa shape index (κ3) is 2.81. The molecule has 3 nitrogen and oxygen atoms in total. The van der Waals surface area contributed by atoms with Gasteiger partial charge in [0.2, 0.25) is 0 Å². The first-order chi connectivity index (χ1) is 5.72. The van der Waals surface area contributed by atoms with Gasteiger partial charge in [-0.25, -0.2) is 0 Å². The van der Waals surface area contributed by atoms with Crippen LogP contribution in [-0.2, 0) is 0 Å². The second kappa shape index (κ2) is 4.45. The number of hydrogen-bond donors (Lipinski definition) is 1. The third-order valence-corrected chi connectivity index (χ3v) is 2.24. The van der Waals surface area contributed by atoms with Gasteiger partial charge in [0.05, 0.1) is 0 Å². The number of likely N-dealkylation sites (tertiary alicyclic amines) is 1. The van der Waals surface area contributed by atoms with Crippen LogP contribution >= 0.6 is 0 Å². The van der Waals surface area contributed by atoms with Gasteiger partial charge in [-0.1, -0.05) is 13.8 Å². The summed E-state index contributed by atoms with van der Waals surface area (Å²) < 4.78 is 0. The molecule has 0 saturated carbocycles. The Morgan fingerprint density at radius 2 is 2.00 bits per heavy atom. The van der Waals surface area contributed by atoms with Crippen LogP contribution < -0.4 is 5.84 Å². The average Bonchev–Trinajstić information content (AvgIpc) is 2.05. The van der Waals surface area contributed by atoms with E-state index in [0.29, 0.717) is 0 Å². The molecule has 1 aliphatic heterocycles. The maximum absolute atomic E-state index is 5.22. The van der Waals surface area contributed by atoms with E-state index in [1.807, 2.05) is 0 Å². The molecule has 0 aromatic carbocycles. The molecule has 0 amide bonds. The third-order valence-electron chi connectivity index (χ3n) is 2.24. The Kier molecular flexibility index (Phi) is 3.53. The van der Waals surface area contributed by atoms with Gasteiger partial charge in [0, 0.05) is 38.2 Å². The van der Waals surface area contributed by atoms with Crippen LogP contribution in [-0.4, -0.2) is 30.2 Å². The van der Waals surface area contributed by atoms with Crippen LogP contribution in [0.2, 0.25) is 0 Å². The summed E-state index contributed by atoms with van der Waals surface area (Å²) in [5, 5.41) is 3.75. The van der Waals surface area contributed by atoms with Crippen molar-refractivity contribution < 1.29 is 0 Å². The molecule has 0 aromatic rings. The fraction of sp³-hybridized carbons (Fsp3) is 0.889. The van der Waals surface area contributed by atoms with Crippen molar-refractivity contribution in [3.8, 4) is 0 Å². The van der Waals surface area contributed by atoms with E-state index >= 15 is 0 Å². The Morgan fingerprint density at radius 3 is 2.42 bits per heavy atom. The molecular weight excluding hydrogens is 150 g/mol. The van der Waals surface area contributed by atoms with E-state index < -0.39 is 0 Å². The smallest absolute Gasteiger partial charge is 0.0401 e. The minimum absolute atomic E-state index is 0.765. The number of nitrogens with two attached hydrogens (primary N) is 1. The Hall–Kier alpha value is -0.570. The quantitative estimate of drug-likeness (QED) is 0.496. The lowest BCUT2D eigenvalue weighted by molar-refractivity contribution is 0.245. The number of piperidine rings is 1. The highest BCUT2D eigenvalue weighted by Gasteiger charge is 2.14. The first-order valence-electron chi connectivity index (χ1n) is 4.70. The fourth-order valence-corrected chi connectivity index (χ4v) is 1.64. The van der Waals surface area contributed by atoms with Gasteiger partial charge in [-0.3, -0.25) is 0 Å². The van der Waals surface area contributed by atoms with E-state index in [9.17, 15) is 0 Å². The summed E-state index contributed by atoms with van der Waals surface area (Å²) in [6, 6.07) is 0. The van der Waals surface area contributed by atoms with Crippen molar-refractivity contribution in [2.45, 2.75) is 26.7 Å². The first kappa shape index (κ1) is 9.52. The fourth-order valence-electron chi connectivity index (χ4n) is 1.64. The van der Waals surface area contributed by atoms with E-state index in [-0.39, 0.29) is 0 Å². The second-order valence-electron chi connectivity index (χ2n) is 3.89. The van der Waals surface area contributed by atoms with E-state index in [2.05, 4.69) is 23.8 Å². The maximum atomic E-state index is 5.22. The predicted octanol–water partition coefficient (Wildman–Crippen LogP) is 1.05. The van der Waals surface area contributed by atoms with Gasteiger partial charge < -0.3 is 10.7 Å². The molecule has 1 saturated heterocycles. The Balaban J connectivity index is 2.26. The van der Waals surface area contributed by atoms with E-state index in [1.54, 1.807) is 0 Å². The molecule has 1 rings (SSSR count). The lowest BCUT2D eigenvalue weighted by Gasteiger charge is -2.28. The zero-order chi connectivity index (χ0) is 8.97. The molecule has 3 heteroatoms. The van der Waals surface area contributed by atoms with Gasteiger partial charge in [-0.15, -0.1) is 0 Å².